The number of ether oxygens (including phenoxy) is 2. The normalized spacial score (nSPS) is 18.0. The summed E-state index contributed by atoms with van der Waals surface area (Å²) in [4.78, 5) is 3.67. The van der Waals surface area contributed by atoms with Crippen molar-refractivity contribution in [2.24, 2.45) is 0 Å². The number of aryl methyl sites for hydroxylation is 1. The molecule has 0 fully saturated rings. The van der Waals surface area contributed by atoms with Crippen molar-refractivity contribution in [2.45, 2.75) is 51.5 Å². The van der Waals surface area contributed by atoms with E-state index in [0.717, 1.165) is 37.4 Å². The molecule has 0 unspecified atom stereocenters. The summed E-state index contributed by atoms with van der Waals surface area (Å²) in [6.45, 7) is 8.56. The van der Waals surface area contributed by atoms with Crippen LogP contribution in [0, 0.1) is 0 Å². The Balaban J connectivity index is 1.41. The number of methoxy groups -OCH3 is 2. The Kier molecular flexibility index (Phi) is 7.77. The van der Waals surface area contributed by atoms with E-state index in [9.17, 15) is 0 Å². The highest BCUT2D eigenvalue weighted by Gasteiger charge is 2.24. The molecular formula is C31H35N2O2S2+. The summed E-state index contributed by atoms with van der Waals surface area (Å²) < 4.78 is 14.6. The second-order valence-electron chi connectivity index (χ2n) is 9.23. The van der Waals surface area contributed by atoms with Crippen LogP contribution in [-0.2, 0) is 6.54 Å². The molecule has 0 bridgehead atoms. The van der Waals surface area contributed by atoms with Crippen LogP contribution in [0.3, 0.4) is 0 Å². The molecule has 2 aromatic carbocycles. The van der Waals surface area contributed by atoms with Crippen LogP contribution in [0.1, 0.15) is 45.0 Å². The molecule has 0 spiro atoms. The highest BCUT2D eigenvalue weighted by atomic mass is 32.2. The molecule has 1 aliphatic heterocycles. The number of hydrogen-bond donors (Lipinski definition) is 0. The van der Waals surface area contributed by atoms with Gasteiger partial charge >= 0.3 is 0 Å². The van der Waals surface area contributed by atoms with Crippen molar-refractivity contribution in [3.05, 3.63) is 81.4 Å². The second-order valence-corrected chi connectivity index (χ2v) is 11.4. The largest absolute Gasteiger partial charge is 0.497 e. The molecule has 4 nitrogen and oxygen atoms in total. The first-order valence-electron chi connectivity index (χ1n) is 13.0. The Bertz CT molecular complexity index is 1440. The van der Waals surface area contributed by atoms with Gasteiger partial charge in [-0.15, -0.1) is 0 Å². The summed E-state index contributed by atoms with van der Waals surface area (Å²) >= 11 is 3.68. The van der Waals surface area contributed by atoms with Crippen molar-refractivity contribution in [3.63, 3.8) is 0 Å². The van der Waals surface area contributed by atoms with Crippen LogP contribution in [0.15, 0.2) is 81.3 Å². The smallest absolute Gasteiger partial charge is 0.262 e. The molecular weight excluding hydrogens is 496 g/mol. The van der Waals surface area contributed by atoms with E-state index in [0.29, 0.717) is 0 Å². The lowest BCUT2D eigenvalue weighted by atomic mass is 9.88. The van der Waals surface area contributed by atoms with Gasteiger partial charge in [0.2, 0.25) is 5.52 Å². The molecule has 0 radical (unpaired) electrons. The fraction of sp³-hybridized carbons (Fsp3) is 0.323. The summed E-state index contributed by atoms with van der Waals surface area (Å²) in [5.74, 6) is 1.81. The van der Waals surface area contributed by atoms with Crippen molar-refractivity contribution in [1.29, 1.82) is 0 Å². The number of rotatable bonds is 7. The minimum Gasteiger partial charge on any atom is -0.497 e. The van der Waals surface area contributed by atoms with E-state index in [1.54, 1.807) is 14.2 Å². The maximum absolute atomic E-state index is 5.46. The summed E-state index contributed by atoms with van der Waals surface area (Å²) in [7, 11) is 3.45. The van der Waals surface area contributed by atoms with E-state index in [-0.39, 0.29) is 0 Å². The molecule has 0 saturated heterocycles. The summed E-state index contributed by atoms with van der Waals surface area (Å²) in [5.41, 5.74) is 6.76. The van der Waals surface area contributed by atoms with Gasteiger partial charge in [0.05, 0.1) is 31.0 Å². The molecule has 6 heteroatoms. The zero-order valence-electron chi connectivity index (χ0n) is 22.3. The molecule has 192 valence electrons. The van der Waals surface area contributed by atoms with Crippen molar-refractivity contribution < 1.29 is 14.0 Å². The van der Waals surface area contributed by atoms with Crippen molar-refractivity contribution in [1.82, 2.24) is 0 Å². The monoisotopic (exact) mass is 531 g/mol. The first-order chi connectivity index (χ1) is 18.1. The number of aromatic nitrogens is 1. The van der Waals surface area contributed by atoms with Gasteiger partial charge in [-0.1, -0.05) is 35.3 Å². The van der Waals surface area contributed by atoms with Gasteiger partial charge < -0.3 is 14.4 Å². The van der Waals surface area contributed by atoms with Crippen molar-refractivity contribution >= 4 is 45.1 Å². The van der Waals surface area contributed by atoms with Gasteiger partial charge in [0.15, 0.2) is 0 Å². The zero-order valence-corrected chi connectivity index (χ0v) is 24.0. The van der Waals surface area contributed by atoms with Crippen LogP contribution in [0.4, 0.5) is 5.69 Å². The number of allylic oxidation sites excluding steroid dienone is 6. The summed E-state index contributed by atoms with van der Waals surface area (Å²) in [6, 6.07) is 12.7. The number of hydrogen-bond acceptors (Lipinski definition) is 5. The van der Waals surface area contributed by atoms with Crippen LogP contribution in [-0.4, -0.2) is 20.8 Å². The average Bonchev–Trinajstić information content (AvgIpc) is 3.47. The number of anilines is 1. The van der Waals surface area contributed by atoms with Crippen LogP contribution in [0.25, 0.3) is 16.3 Å². The highest BCUT2D eigenvalue weighted by Crippen LogP contribution is 2.47. The third-order valence-corrected chi connectivity index (χ3v) is 9.48. The van der Waals surface area contributed by atoms with Crippen LogP contribution in [0.2, 0.25) is 0 Å². The molecule has 0 atom stereocenters. The second kappa shape index (κ2) is 11.2. The molecule has 0 N–H and O–H groups in total. The van der Waals surface area contributed by atoms with E-state index in [2.05, 4.69) is 78.8 Å². The quantitative estimate of drug-likeness (QED) is 0.287. The van der Waals surface area contributed by atoms with Crippen LogP contribution < -0.4 is 18.9 Å². The molecule has 5 rings (SSSR count). The Labute approximate surface area is 228 Å². The Hall–Kier alpha value is -2.96. The minimum absolute atomic E-state index is 0.905. The first-order valence-corrected chi connectivity index (χ1v) is 14.6. The van der Waals surface area contributed by atoms with Crippen molar-refractivity contribution in [3.8, 4) is 11.5 Å². The highest BCUT2D eigenvalue weighted by molar-refractivity contribution is 8.03. The molecule has 2 aliphatic rings. The number of thiazole rings is 1. The van der Waals surface area contributed by atoms with E-state index < -0.39 is 0 Å². The topological polar surface area (TPSA) is 25.6 Å². The molecule has 3 aromatic rings. The fourth-order valence-corrected chi connectivity index (χ4v) is 7.34. The third kappa shape index (κ3) is 5.10. The maximum Gasteiger partial charge on any atom is 0.262 e. The lowest BCUT2D eigenvalue weighted by Gasteiger charge is -2.20. The average molecular weight is 532 g/mol. The Morgan fingerprint density at radius 1 is 0.973 bits per heavy atom. The van der Waals surface area contributed by atoms with Gasteiger partial charge in [0, 0.05) is 23.6 Å². The predicted molar refractivity (Wildman–Crippen MR) is 158 cm³/mol. The molecule has 0 amide bonds. The first kappa shape index (κ1) is 25.7. The third-order valence-electron chi connectivity index (χ3n) is 7.22. The van der Waals surface area contributed by atoms with Gasteiger partial charge in [0.25, 0.3) is 5.01 Å². The van der Waals surface area contributed by atoms with Gasteiger partial charge in [-0.05, 0) is 87.1 Å². The van der Waals surface area contributed by atoms with Gasteiger partial charge in [-0.25, -0.2) is 0 Å². The van der Waals surface area contributed by atoms with E-state index in [1.807, 2.05) is 35.2 Å². The predicted octanol–water partition coefficient (Wildman–Crippen LogP) is 8.14. The van der Waals surface area contributed by atoms with Gasteiger partial charge in [-0.2, -0.15) is 4.57 Å². The fourth-order valence-electron chi connectivity index (χ4n) is 5.13. The van der Waals surface area contributed by atoms with E-state index in [1.165, 1.54) is 54.0 Å². The minimum atomic E-state index is 0.905. The van der Waals surface area contributed by atoms with Crippen molar-refractivity contribution in [2.75, 3.05) is 25.7 Å². The Morgan fingerprint density at radius 2 is 1.76 bits per heavy atom. The van der Waals surface area contributed by atoms with E-state index >= 15 is 0 Å². The maximum atomic E-state index is 5.46. The molecule has 1 aromatic heterocycles. The SMILES string of the molecule is CCN1/C(=C\C=C2/CCCC(/C=C/c3sc4ccc(OC)cc4[n+]3CC)=C2C)Sc2ccc(OC)cc21. The van der Waals surface area contributed by atoms with Gasteiger partial charge in [0.1, 0.15) is 22.7 Å². The van der Waals surface area contributed by atoms with Crippen LogP contribution in [0.5, 0.6) is 11.5 Å². The summed E-state index contributed by atoms with van der Waals surface area (Å²) in [5, 5.41) is 2.55. The number of fused-ring (bicyclic) bond motifs is 2. The van der Waals surface area contributed by atoms with E-state index in [4.69, 9.17) is 9.47 Å². The number of nitrogens with zero attached hydrogens (tertiary/aromatic N) is 2. The molecule has 2 heterocycles. The van der Waals surface area contributed by atoms with Gasteiger partial charge in [-0.3, -0.25) is 0 Å². The molecule has 0 saturated carbocycles. The zero-order chi connectivity index (χ0) is 25.9. The lowest BCUT2D eigenvalue weighted by Crippen LogP contribution is -2.33. The lowest BCUT2D eigenvalue weighted by molar-refractivity contribution is -0.665. The number of thioether (sulfide) groups is 1. The standard InChI is InChI=1S/C31H35N2O2S2/c1-6-32-26-19-24(34-4)13-15-28(26)36-30(32)17-11-22-9-8-10-23(21(22)3)12-18-31-33(7-2)27-20-25(35-5)14-16-29(27)37-31/h11-20H,6-10H2,1-5H3/q+1. The number of benzene rings is 2. The Morgan fingerprint density at radius 3 is 2.51 bits per heavy atom. The molecule has 37 heavy (non-hydrogen) atoms. The van der Waals surface area contributed by atoms with Crippen LogP contribution >= 0.6 is 23.1 Å². The summed E-state index contributed by atoms with van der Waals surface area (Å²) in [6.07, 6.45) is 12.7. The molecule has 1 aliphatic carbocycles.